The van der Waals surface area contributed by atoms with E-state index in [0.29, 0.717) is 6.10 Å². The van der Waals surface area contributed by atoms with Crippen LogP contribution < -0.4 is 0 Å². The molecule has 1 saturated heterocycles. The maximum Gasteiger partial charge on any atom is 0.0825 e. The number of likely N-dealkylation sites (tertiary alicyclic amines) is 1. The predicted molar refractivity (Wildman–Crippen MR) is 50.4 cm³/mol. The number of rotatable bonds is 3. The fourth-order valence-corrected chi connectivity index (χ4v) is 2.10. The Hall–Kier alpha value is -0.380. The fraction of sp³-hybridized carbons (Fsp3) is 0.556. The molecule has 0 N–H and O–H groups in total. The van der Waals surface area contributed by atoms with Gasteiger partial charge in [-0.15, -0.1) is 0 Å². The van der Waals surface area contributed by atoms with Gasteiger partial charge in [-0.2, -0.15) is 11.3 Å². The summed E-state index contributed by atoms with van der Waals surface area (Å²) in [6, 6.07) is 2.19. The molecule has 1 fully saturated rings. The van der Waals surface area contributed by atoms with Crippen molar-refractivity contribution in [2.75, 3.05) is 20.2 Å². The van der Waals surface area contributed by atoms with Gasteiger partial charge in [0, 0.05) is 26.7 Å². The van der Waals surface area contributed by atoms with Crippen LogP contribution in [0.25, 0.3) is 0 Å². The van der Waals surface area contributed by atoms with Gasteiger partial charge in [-0.05, 0) is 22.4 Å². The summed E-state index contributed by atoms with van der Waals surface area (Å²) in [6.45, 7) is 3.27. The normalized spacial score (nSPS) is 19.4. The highest BCUT2D eigenvalue weighted by atomic mass is 32.1. The zero-order chi connectivity index (χ0) is 8.39. The lowest BCUT2D eigenvalue weighted by atomic mass is 10.1. The summed E-state index contributed by atoms with van der Waals surface area (Å²) in [6.07, 6.45) is 0.476. The molecule has 3 heteroatoms. The van der Waals surface area contributed by atoms with Crippen molar-refractivity contribution in [1.82, 2.24) is 4.90 Å². The second-order valence-electron chi connectivity index (χ2n) is 3.18. The standard InChI is InChI=1S/C9H13NOS/c1-11-9-5-10(6-9)4-8-2-3-12-7-8/h2-3,7,9H,4-6H2,1H3. The summed E-state index contributed by atoms with van der Waals surface area (Å²) in [5, 5.41) is 4.34. The highest BCUT2D eigenvalue weighted by Crippen LogP contribution is 2.16. The third-order valence-electron chi connectivity index (χ3n) is 2.24. The third kappa shape index (κ3) is 1.68. The molecule has 0 radical (unpaired) electrons. The first kappa shape index (κ1) is 8.23. The molecule has 1 aliphatic rings. The summed E-state index contributed by atoms with van der Waals surface area (Å²) >= 11 is 1.76. The zero-order valence-corrected chi connectivity index (χ0v) is 8.01. The van der Waals surface area contributed by atoms with E-state index in [4.69, 9.17) is 4.74 Å². The quantitative estimate of drug-likeness (QED) is 0.705. The Morgan fingerprint density at radius 3 is 3.08 bits per heavy atom. The summed E-state index contributed by atoms with van der Waals surface area (Å²) in [4.78, 5) is 2.40. The minimum Gasteiger partial charge on any atom is -0.379 e. The average molecular weight is 183 g/mol. The van der Waals surface area contributed by atoms with Crippen LogP contribution in [-0.2, 0) is 11.3 Å². The first-order valence-electron chi connectivity index (χ1n) is 4.14. The number of ether oxygens (including phenoxy) is 1. The fourth-order valence-electron chi connectivity index (χ4n) is 1.44. The van der Waals surface area contributed by atoms with Gasteiger partial charge in [0.25, 0.3) is 0 Å². The number of nitrogens with zero attached hydrogens (tertiary/aromatic N) is 1. The molecule has 12 heavy (non-hydrogen) atoms. The molecular weight excluding hydrogens is 170 g/mol. The Balaban J connectivity index is 1.77. The van der Waals surface area contributed by atoms with Gasteiger partial charge in [0.05, 0.1) is 6.10 Å². The van der Waals surface area contributed by atoms with Crippen LogP contribution in [0.4, 0.5) is 0 Å². The van der Waals surface area contributed by atoms with Crippen molar-refractivity contribution in [3.8, 4) is 0 Å². The minimum absolute atomic E-state index is 0.476. The van der Waals surface area contributed by atoms with Crippen LogP contribution in [-0.4, -0.2) is 31.2 Å². The van der Waals surface area contributed by atoms with Crippen molar-refractivity contribution >= 4 is 11.3 Å². The lowest BCUT2D eigenvalue weighted by Crippen LogP contribution is -2.50. The van der Waals surface area contributed by atoms with E-state index >= 15 is 0 Å². The first-order chi connectivity index (χ1) is 5.88. The molecule has 2 nitrogen and oxygen atoms in total. The zero-order valence-electron chi connectivity index (χ0n) is 7.19. The Labute approximate surface area is 76.8 Å². The molecule has 1 aliphatic heterocycles. The van der Waals surface area contributed by atoms with Gasteiger partial charge in [-0.25, -0.2) is 0 Å². The van der Waals surface area contributed by atoms with Crippen LogP contribution >= 0.6 is 11.3 Å². The minimum atomic E-state index is 0.476. The maximum atomic E-state index is 5.20. The van der Waals surface area contributed by atoms with Gasteiger partial charge in [-0.3, -0.25) is 4.90 Å². The molecule has 0 spiro atoms. The summed E-state index contributed by atoms with van der Waals surface area (Å²) in [7, 11) is 1.78. The van der Waals surface area contributed by atoms with E-state index in [1.165, 1.54) is 5.56 Å². The van der Waals surface area contributed by atoms with E-state index in [0.717, 1.165) is 19.6 Å². The molecule has 1 aromatic rings. The molecule has 2 rings (SSSR count). The molecule has 0 atom stereocenters. The van der Waals surface area contributed by atoms with Crippen LogP contribution in [0.5, 0.6) is 0 Å². The number of hydrogen-bond donors (Lipinski definition) is 0. The van der Waals surface area contributed by atoms with Crippen molar-refractivity contribution in [1.29, 1.82) is 0 Å². The van der Waals surface area contributed by atoms with E-state index in [1.807, 2.05) is 0 Å². The maximum absolute atomic E-state index is 5.20. The van der Waals surface area contributed by atoms with Crippen LogP contribution in [0.15, 0.2) is 16.8 Å². The van der Waals surface area contributed by atoms with Crippen LogP contribution in [0.2, 0.25) is 0 Å². The lowest BCUT2D eigenvalue weighted by Gasteiger charge is -2.37. The van der Waals surface area contributed by atoms with Crippen molar-refractivity contribution in [2.45, 2.75) is 12.6 Å². The Morgan fingerprint density at radius 1 is 1.67 bits per heavy atom. The van der Waals surface area contributed by atoms with E-state index < -0.39 is 0 Å². The van der Waals surface area contributed by atoms with Gasteiger partial charge in [0.1, 0.15) is 0 Å². The molecule has 66 valence electrons. The van der Waals surface area contributed by atoms with Crippen LogP contribution in [0, 0.1) is 0 Å². The Bertz CT molecular complexity index is 229. The number of methoxy groups -OCH3 is 1. The summed E-state index contributed by atoms with van der Waals surface area (Å²) in [5.74, 6) is 0. The van der Waals surface area contributed by atoms with Crippen LogP contribution in [0.1, 0.15) is 5.56 Å². The largest absolute Gasteiger partial charge is 0.379 e. The van der Waals surface area contributed by atoms with Crippen molar-refractivity contribution < 1.29 is 4.74 Å². The van der Waals surface area contributed by atoms with E-state index in [1.54, 1.807) is 18.4 Å². The van der Waals surface area contributed by atoms with E-state index in [-0.39, 0.29) is 0 Å². The van der Waals surface area contributed by atoms with Gasteiger partial charge >= 0.3 is 0 Å². The van der Waals surface area contributed by atoms with Gasteiger partial charge in [0.2, 0.25) is 0 Å². The monoisotopic (exact) mass is 183 g/mol. The summed E-state index contributed by atoms with van der Waals surface area (Å²) in [5.41, 5.74) is 1.43. The van der Waals surface area contributed by atoms with Crippen molar-refractivity contribution in [2.24, 2.45) is 0 Å². The van der Waals surface area contributed by atoms with E-state index in [2.05, 4.69) is 21.7 Å². The third-order valence-corrected chi connectivity index (χ3v) is 2.98. The molecule has 0 bridgehead atoms. The molecule has 1 aromatic heterocycles. The molecule has 0 amide bonds. The van der Waals surface area contributed by atoms with Gasteiger partial charge < -0.3 is 4.74 Å². The lowest BCUT2D eigenvalue weighted by molar-refractivity contribution is -0.0333. The number of thiophene rings is 1. The van der Waals surface area contributed by atoms with Crippen LogP contribution in [0.3, 0.4) is 0 Å². The molecule has 0 aliphatic carbocycles. The highest BCUT2D eigenvalue weighted by molar-refractivity contribution is 7.07. The smallest absolute Gasteiger partial charge is 0.0825 e. The molecule has 0 aromatic carbocycles. The highest BCUT2D eigenvalue weighted by Gasteiger charge is 2.25. The molecule has 0 saturated carbocycles. The van der Waals surface area contributed by atoms with Gasteiger partial charge in [0.15, 0.2) is 0 Å². The molecular formula is C9H13NOS. The second kappa shape index (κ2) is 3.56. The molecule has 0 unspecified atom stereocenters. The Morgan fingerprint density at radius 2 is 2.50 bits per heavy atom. The van der Waals surface area contributed by atoms with Gasteiger partial charge in [-0.1, -0.05) is 0 Å². The van der Waals surface area contributed by atoms with Crippen molar-refractivity contribution in [3.05, 3.63) is 22.4 Å². The van der Waals surface area contributed by atoms with E-state index in [9.17, 15) is 0 Å². The number of hydrogen-bond acceptors (Lipinski definition) is 3. The topological polar surface area (TPSA) is 12.5 Å². The van der Waals surface area contributed by atoms with Crippen molar-refractivity contribution in [3.63, 3.8) is 0 Å². The Kier molecular flexibility index (Phi) is 2.44. The SMILES string of the molecule is COC1CN(Cc2ccsc2)C1. The predicted octanol–water partition coefficient (Wildman–Crippen LogP) is 1.58. The summed E-state index contributed by atoms with van der Waals surface area (Å²) < 4.78 is 5.20. The first-order valence-corrected chi connectivity index (χ1v) is 5.09. The average Bonchev–Trinajstić information content (AvgIpc) is 2.47. The second-order valence-corrected chi connectivity index (χ2v) is 3.96. The molecule has 2 heterocycles.